The van der Waals surface area contributed by atoms with E-state index in [1.165, 1.54) is 11.1 Å². The Kier molecular flexibility index (Phi) is 4.45. The van der Waals surface area contributed by atoms with Gasteiger partial charge in [0.25, 0.3) is 0 Å². The molecule has 0 radical (unpaired) electrons. The molecule has 0 heterocycles. The van der Waals surface area contributed by atoms with Crippen molar-refractivity contribution in [3.8, 4) is 5.75 Å². The zero-order valence-electron chi connectivity index (χ0n) is 13.5. The van der Waals surface area contributed by atoms with Gasteiger partial charge >= 0.3 is 6.09 Å². The van der Waals surface area contributed by atoms with Crippen LogP contribution < -0.4 is 10.1 Å². The van der Waals surface area contributed by atoms with Gasteiger partial charge in [-0.1, -0.05) is 6.07 Å². The zero-order chi connectivity index (χ0) is 15.6. The van der Waals surface area contributed by atoms with Crippen LogP contribution in [0.3, 0.4) is 0 Å². The Labute approximate surface area is 126 Å². The van der Waals surface area contributed by atoms with Crippen molar-refractivity contribution in [1.82, 2.24) is 5.32 Å². The predicted molar refractivity (Wildman–Crippen MR) is 82.7 cm³/mol. The topological polar surface area (TPSA) is 47.6 Å². The maximum Gasteiger partial charge on any atom is 0.407 e. The molecule has 1 aromatic carbocycles. The van der Waals surface area contributed by atoms with E-state index in [4.69, 9.17) is 9.47 Å². The molecule has 2 rings (SSSR count). The number of aryl methyl sites for hydroxylation is 2. The van der Waals surface area contributed by atoms with E-state index in [9.17, 15) is 4.79 Å². The third-order valence-corrected chi connectivity index (χ3v) is 3.31. The summed E-state index contributed by atoms with van der Waals surface area (Å²) >= 11 is 0. The van der Waals surface area contributed by atoms with Crippen LogP contribution in [0, 0.1) is 13.8 Å². The van der Waals surface area contributed by atoms with E-state index in [1.54, 1.807) is 0 Å². The quantitative estimate of drug-likeness (QED) is 0.923. The molecule has 0 aliphatic heterocycles. The standard InChI is InChI=1S/C17H25NO3/c1-11-6-12(2)8-14(7-11)20-15-9-13(10-15)18-16(19)21-17(3,4)5/h6-8,13,15H,9-10H2,1-5H3,(H,18,19). The van der Waals surface area contributed by atoms with Crippen molar-refractivity contribution in [2.45, 2.75) is 65.2 Å². The number of hydrogen-bond donors (Lipinski definition) is 1. The first-order chi connectivity index (χ1) is 9.71. The molecule has 4 heteroatoms. The number of ether oxygens (including phenoxy) is 2. The molecule has 0 atom stereocenters. The van der Waals surface area contributed by atoms with Crippen molar-refractivity contribution >= 4 is 6.09 Å². The molecule has 1 amide bonds. The lowest BCUT2D eigenvalue weighted by atomic mass is 9.89. The van der Waals surface area contributed by atoms with Gasteiger partial charge in [0.2, 0.25) is 0 Å². The summed E-state index contributed by atoms with van der Waals surface area (Å²) in [5.41, 5.74) is 1.95. The van der Waals surface area contributed by atoms with Crippen molar-refractivity contribution in [3.05, 3.63) is 29.3 Å². The van der Waals surface area contributed by atoms with Crippen LogP contribution in [0.2, 0.25) is 0 Å². The molecule has 4 nitrogen and oxygen atoms in total. The lowest BCUT2D eigenvalue weighted by molar-refractivity contribution is 0.0363. The smallest absolute Gasteiger partial charge is 0.407 e. The van der Waals surface area contributed by atoms with Gasteiger partial charge in [0.1, 0.15) is 17.5 Å². The second-order valence-corrected chi connectivity index (χ2v) is 6.88. The first kappa shape index (κ1) is 15.7. The van der Waals surface area contributed by atoms with E-state index < -0.39 is 5.60 Å². The fourth-order valence-electron chi connectivity index (χ4n) is 2.45. The molecule has 1 aliphatic carbocycles. The summed E-state index contributed by atoms with van der Waals surface area (Å²) in [7, 11) is 0. The summed E-state index contributed by atoms with van der Waals surface area (Å²) in [6, 6.07) is 6.36. The van der Waals surface area contributed by atoms with E-state index in [1.807, 2.05) is 32.9 Å². The highest BCUT2D eigenvalue weighted by Gasteiger charge is 2.33. The number of amides is 1. The van der Waals surface area contributed by atoms with Crippen molar-refractivity contribution < 1.29 is 14.3 Å². The molecule has 0 saturated heterocycles. The minimum atomic E-state index is -0.456. The zero-order valence-corrected chi connectivity index (χ0v) is 13.5. The minimum Gasteiger partial charge on any atom is -0.490 e. The summed E-state index contributed by atoms with van der Waals surface area (Å²) in [6.45, 7) is 9.71. The normalized spacial score (nSPS) is 21.4. The SMILES string of the molecule is Cc1cc(C)cc(OC2CC(NC(=O)OC(C)(C)C)C2)c1. The Morgan fingerprint density at radius 2 is 1.71 bits per heavy atom. The lowest BCUT2D eigenvalue weighted by Gasteiger charge is -2.36. The largest absolute Gasteiger partial charge is 0.490 e. The van der Waals surface area contributed by atoms with Gasteiger partial charge in [-0.3, -0.25) is 0 Å². The maximum absolute atomic E-state index is 11.6. The minimum absolute atomic E-state index is 0.149. The number of carbonyl (C=O) groups excluding carboxylic acids is 1. The van der Waals surface area contributed by atoms with E-state index >= 15 is 0 Å². The molecule has 0 bridgehead atoms. The molecule has 0 unspecified atom stereocenters. The van der Waals surface area contributed by atoms with Gasteiger partial charge < -0.3 is 14.8 Å². The average Bonchev–Trinajstić information content (AvgIpc) is 2.21. The van der Waals surface area contributed by atoms with Gasteiger partial charge in [0.15, 0.2) is 0 Å². The van der Waals surface area contributed by atoms with Gasteiger partial charge in [-0.15, -0.1) is 0 Å². The first-order valence-electron chi connectivity index (χ1n) is 7.46. The van der Waals surface area contributed by atoms with Crippen LogP contribution in [0.1, 0.15) is 44.7 Å². The number of nitrogens with one attached hydrogen (secondary N) is 1. The maximum atomic E-state index is 11.6. The van der Waals surface area contributed by atoms with Crippen LogP contribution in [0.4, 0.5) is 4.79 Å². The van der Waals surface area contributed by atoms with Crippen LogP contribution in [0.5, 0.6) is 5.75 Å². The molecular weight excluding hydrogens is 266 g/mol. The van der Waals surface area contributed by atoms with E-state index in [0.717, 1.165) is 18.6 Å². The van der Waals surface area contributed by atoms with Crippen molar-refractivity contribution in [2.75, 3.05) is 0 Å². The fourth-order valence-corrected chi connectivity index (χ4v) is 2.45. The molecule has 1 saturated carbocycles. The number of hydrogen-bond acceptors (Lipinski definition) is 3. The van der Waals surface area contributed by atoms with Crippen molar-refractivity contribution in [3.63, 3.8) is 0 Å². The molecule has 0 spiro atoms. The van der Waals surface area contributed by atoms with Gasteiger partial charge in [-0.05, 0) is 57.9 Å². The Bertz CT molecular complexity index is 493. The Balaban J connectivity index is 1.75. The summed E-state index contributed by atoms with van der Waals surface area (Å²) in [5, 5.41) is 2.87. The van der Waals surface area contributed by atoms with Gasteiger partial charge in [-0.2, -0.15) is 0 Å². The molecule has 1 aliphatic rings. The van der Waals surface area contributed by atoms with E-state index in [-0.39, 0.29) is 18.2 Å². The molecule has 0 aromatic heterocycles. The number of benzene rings is 1. The van der Waals surface area contributed by atoms with Crippen LogP contribution >= 0.6 is 0 Å². The average molecular weight is 291 g/mol. The molecule has 1 N–H and O–H groups in total. The Hall–Kier alpha value is -1.71. The van der Waals surface area contributed by atoms with E-state index in [0.29, 0.717) is 0 Å². The van der Waals surface area contributed by atoms with E-state index in [2.05, 4.69) is 25.2 Å². The summed E-state index contributed by atoms with van der Waals surface area (Å²) in [4.78, 5) is 11.6. The van der Waals surface area contributed by atoms with Crippen LogP contribution in [0.25, 0.3) is 0 Å². The van der Waals surface area contributed by atoms with Crippen molar-refractivity contribution in [2.24, 2.45) is 0 Å². The molecule has 1 fully saturated rings. The van der Waals surface area contributed by atoms with Crippen molar-refractivity contribution in [1.29, 1.82) is 0 Å². The first-order valence-corrected chi connectivity index (χ1v) is 7.46. The lowest BCUT2D eigenvalue weighted by Crippen LogP contribution is -2.50. The number of alkyl carbamates (subject to hydrolysis) is 1. The van der Waals surface area contributed by atoms with Gasteiger partial charge in [0, 0.05) is 18.9 Å². The van der Waals surface area contributed by atoms with Crippen LogP contribution in [-0.4, -0.2) is 23.8 Å². The summed E-state index contributed by atoms with van der Waals surface area (Å²) in [6.07, 6.45) is 1.47. The number of carbonyl (C=O) groups is 1. The third-order valence-electron chi connectivity index (χ3n) is 3.31. The van der Waals surface area contributed by atoms with Gasteiger partial charge in [0.05, 0.1) is 0 Å². The van der Waals surface area contributed by atoms with Crippen LogP contribution in [0.15, 0.2) is 18.2 Å². The molecule has 21 heavy (non-hydrogen) atoms. The van der Waals surface area contributed by atoms with Gasteiger partial charge in [-0.25, -0.2) is 4.79 Å². The number of rotatable bonds is 3. The fraction of sp³-hybridized carbons (Fsp3) is 0.588. The third kappa shape index (κ3) is 4.96. The summed E-state index contributed by atoms with van der Waals surface area (Å²) < 4.78 is 11.2. The Morgan fingerprint density at radius 1 is 1.14 bits per heavy atom. The highest BCUT2D eigenvalue weighted by atomic mass is 16.6. The second kappa shape index (κ2) is 5.96. The summed E-state index contributed by atoms with van der Waals surface area (Å²) in [5.74, 6) is 0.910. The predicted octanol–water partition coefficient (Wildman–Crippen LogP) is 3.74. The van der Waals surface area contributed by atoms with Crippen LogP contribution in [-0.2, 0) is 4.74 Å². The highest BCUT2D eigenvalue weighted by Crippen LogP contribution is 2.27. The Morgan fingerprint density at radius 3 is 2.24 bits per heavy atom. The molecule has 1 aromatic rings. The molecular formula is C17H25NO3. The monoisotopic (exact) mass is 291 g/mol. The molecule has 116 valence electrons. The highest BCUT2D eigenvalue weighted by molar-refractivity contribution is 5.68. The second-order valence-electron chi connectivity index (χ2n) is 6.88.